The fourth-order valence-electron chi connectivity index (χ4n) is 8.50. The van der Waals surface area contributed by atoms with E-state index in [-0.39, 0.29) is 29.8 Å². The molecule has 2 aromatic carbocycles. The Morgan fingerprint density at radius 1 is 1.05 bits per heavy atom. The first-order valence-electron chi connectivity index (χ1n) is 18.7. The number of aryl methyl sites for hydroxylation is 1. The van der Waals surface area contributed by atoms with E-state index in [4.69, 9.17) is 9.84 Å². The smallest absolute Gasteiger partial charge is 0.433 e. The monoisotopic (exact) mass is 773 g/mol. The first-order chi connectivity index (χ1) is 26.8. The molecule has 56 heavy (non-hydrogen) atoms. The van der Waals surface area contributed by atoms with E-state index < -0.39 is 29.7 Å². The van der Waals surface area contributed by atoms with Crippen LogP contribution in [-0.2, 0) is 22.8 Å². The Bertz CT molecular complexity index is 2410. The highest BCUT2D eigenvalue weighted by molar-refractivity contribution is 6.05. The quantitative estimate of drug-likeness (QED) is 0.200. The molecule has 2 N–H and O–H groups in total. The summed E-state index contributed by atoms with van der Waals surface area (Å²) in [5.74, 6) is -0.731. The number of hydrogen-bond donors (Lipinski definition) is 2. The van der Waals surface area contributed by atoms with E-state index in [0.29, 0.717) is 40.9 Å². The third-order valence-electron chi connectivity index (χ3n) is 11.5. The molecule has 2 saturated heterocycles. The highest BCUT2D eigenvalue weighted by Crippen LogP contribution is 2.40. The molecular formula is C39H42F3N9O5. The fraction of sp³-hybridized carbons (Fsp3) is 0.436. The topological polar surface area (TPSA) is 149 Å². The number of nitrogens with zero attached hydrogens (tertiary/aromatic N) is 7. The van der Waals surface area contributed by atoms with Gasteiger partial charge in [0, 0.05) is 56.8 Å². The summed E-state index contributed by atoms with van der Waals surface area (Å²) >= 11 is 0. The highest BCUT2D eigenvalue weighted by Gasteiger charge is 2.36. The molecule has 14 nitrogen and oxygen atoms in total. The summed E-state index contributed by atoms with van der Waals surface area (Å²) in [5.41, 5.74) is 1.62. The summed E-state index contributed by atoms with van der Waals surface area (Å²) in [6, 6.07) is 12.3. The van der Waals surface area contributed by atoms with Gasteiger partial charge >= 0.3 is 11.9 Å². The number of rotatable bonds is 9. The Hall–Kier alpha value is -5.71. The molecule has 3 fully saturated rings. The van der Waals surface area contributed by atoms with Gasteiger partial charge in [-0.1, -0.05) is 12.1 Å². The maximum atomic E-state index is 13.4. The molecule has 1 unspecified atom stereocenters. The van der Waals surface area contributed by atoms with Gasteiger partial charge in [0.1, 0.15) is 23.2 Å². The standard InChI is InChI=1S/C39H42F3N9O5/c1-47(24-12-14-49(15-13-24)29-7-5-8-30-35(29)48(2)38(55)51(30)31-10-11-34(52)45-37(31)54)20-22-16-25(17-22)50-21-23-18-28(32(56-3)19-27(23)46-50)44-36(53)26-6-4-9-33(43-26)39(40,41)42/h4-9,18-19,21-22,24-25,31H,10-17,20H2,1-3H3,(H,44,53)(H,45,52,54). The number of para-hydroxylation sites is 1. The molecule has 2 aliphatic heterocycles. The van der Waals surface area contributed by atoms with Crippen LogP contribution in [0.4, 0.5) is 24.5 Å². The van der Waals surface area contributed by atoms with E-state index in [9.17, 15) is 32.3 Å². The summed E-state index contributed by atoms with van der Waals surface area (Å²) in [6.45, 7) is 2.59. The number of pyridine rings is 1. The minimum atomic E-state index is -4.67. The lowest BCUT2D eigenvalue weighted by molar-refractivity contribution is -0.141. The molecule has 5 heterocycles. The van der Waals surface area contributed by atoms with Gasteiger partial charge in [0.2, 0.25) is 11.8 Å². The number of hydrogen-bond acceptors (Lipinski definition) is 9. The van der Waals surface area contributed by atoms with Crippen molar-refractivity contribution in [2.24, 2.45) is 13.0 Å². The van der Waals surface area contributed by atoms with Gasteiger partial charge in [0.05, 0.1) is 41.1 Å². The van der Waals surface area contributed by atoms with E-state index in [1.807, 2.05) is 29.1 Å². The van der Waals surface area contributed by atoms with Gasteiger partial charge in [0.25, 0.3) is 5.91 Å². The average Bonchev–Trinajstić information content (AvgIpc) is 3.68. The Balaban J connectivity index is 0.875. The van der Waals surface area contributed by atoms with E-state index in [2.05, 4.69) is 32.5 Å². The molecule has 1 atom stereocenters. The lowest BCUT2D eigenvalue weighted by Crippen LogP contribution is -2.46. The summed E-state index contributed by atoms with van der Waals surface area (Å²) in [5, 5.41) is 10.5. The molecule has 1 saturated carbocycles. The number of imidazole rings is 1. The first kappa shape index (κ1) is 37.2. The Labute approximate surface area is 319 Å². The number of alkyl halides is 3. The highest BCUT2D eigenvalue weighted by atomic mass is 19.4. The fourth-order valence-corrected chi connectivity index (χ4v) is 8.50. The average molecular weight is 774 g/mol. The molecule has 294 valence electrons. The van der Waals surface area contributed by atoms with E-state index in [1.54, 1.807) is 23.7 Å². The molecule has 8 rings (SSSR count). The van der Waals surface area contributed by atoms with Crippen LogP contribution >= 0.6 is 0 Å². The summed E-state index contributed by atoms with van der Waals surface area (Å²) in [4.78, 5) is 59.0. The van der Waals surface area contributed by atoms with Crippen LogP contribution in [0.15, 0.2) is 59.5 Å². The number of benzene rings is 2. The first-order valence-corrected chi connectivity index (χ1v) is 18.7. The Morgan fingerprint density at radius 3 is 2.52 bits per heavy atom. The van der Waals surface area contributed by atoms with Gasteiger partial charge < -0.3 is 19.9 Å². The van der Waals surface area contributed by atoms with Crippen LogP contribution in [0.5, 0.6) is 5.75 Å². The Kier molecular flexibility index (Phi) is 9.58. The van der Waals surface area contributed by atoms with Gasteiger partial charge in [-0.15, -0.1) is 0 Å². The number of imide groups is 1. The largest absolute Gasteiger partial charge is 0.494 e. The van der Waals surface area contributed by atoms with Crippen molar-refractivity contribution in [3.05, 3.63) is 76.6 Å². The number of ether oxygens (including phenoxy) is 1. The van der Waals surface area contributed by atoms with E-state index in [0.717, 1.165) is 74.0 Å². The predicted octanol–water partition coefficient (Wildman–Crippen LogP) is 4.89. The van der Waals surface area contributed by atoms with Crippen molar-refractivity contribution in [2.75, 3.05) is 44.0 Å². The van der Waals surface area contributed by atoms with Crippen molar-refractivity contribution < 1.29 is 32.3 Å². The van der Waals surface area contributed by atoms with Crippen LogP contribution in [0.25, 0.3) is 21.9 Å². The number of carbonyl (C=O) groups is 3. The van der Waals surface area contributed by atoms with Crippen molar-refractivity contribution in [1.82, 2.24) is 34.1 Å². The molecule has 17 heteroatoms. The van der Waals surface area contributed by atoms with Crippen LogP contribution in [0, 0.1) is 5.92 Å². The summed E-state index contributed by atoms with van der Waals surface area (Å²) < 4.78 is 50.0. The zero-order valence-electron chi connectivity index (χ0n) is 31.2. The normalized spacial score (nSPS) is 20.8. The van der Waals surface area contributed by atoms with Gasteiger partial charge in [-0.05, 0) is 75.4 Å². The van der Waals surface area contributed by atoms with E-state index >= 15 is 0 Å². The van der Waals surface area contributed by atoms with Crippen LogP contribution < -0.4 is 26.0 Å². The lowest BCUT2D eigenvalue weighted by Gasteiger charge is -2.42. The predicted molar refractivity (Wildman–Crippen MR) is 202 cm³/mol. The number of piperidine rings is 2. The van der Waals surface area contributed by atoms with Crippen molar-refractivity contribution >= 4 is 51.0 Å². The van der Waals surface area contributed by atoms with Gasteiger partial charge in [-0.3, -0.25) is 33.5 Å². The van der Waals surface area contributed by atoms with Crippen molar-refractivity contribution in [2.45, 2.75) is 62.8 Å². The zero-order valence-corrected chi connectivity index (χ0v) is 31.2. The number of fused-ring (bicyclic) bond motifs is 2. The van der Waals surface area contributed by atoms with Crippen LogP contribution in [0.3, 0.4) is 0 Å². The number of nitrogens with one attached hydrogen (secondary N) is 2. The maximum Gasteiger partial charge on any atom is 0.433 e. The molecule has 3 aliphatic rings. The van der Waals surface area contributed by atoms with E-state index in [1.165, 1.54) is 17.7 Å². The maximum absolute atomic E-state index is 13.4. The van der Waals surface area contributed by atoms with Crippen molar-refractivity contribution in [3.8, 4) is 5.75 Å². The molecule has 3 amide bonds. The molecule has 1 aliphatic carbocycles. The second-order valence-electron chi connectivity index (χ2n) is 15.1. The summed E-state index contributed by atoms with van der Waals surface area (Å²) in [6.07, 6.45) is 1.56. The van der Waals surface area contributed by atoms with Gasteiger partial charge in [-0.2, -0.15) is 18.3 Å². The summed E-state index contributed by atoms with van der Waals surface area (Å²) in [7, 11) is 5.35. The number of amides is 3. The number of anilines is 2. The SMILES string of the molecule is COc1cc2nn(C3CC(CN(C)C4CCN(c5cccc6c5n(C)c(=O)n6C5CCC(=O)NC5=O)CC4)C3)cc2cc1NC(=O)c1cccc(C(F)(F)F)n1. The number of halogens is 3. The molecule has 0 spiro atoms. The number of aromatic nitrogens is 5. The molecule has 5 aromatic rings. The third kappa shape index (κ3) is 6.88. The minimum Gasteiger partial charge on any atom is -0.494 e. The van der Waals surface area contributed by atoms with Crippen molar-refractivity contribution in [1.29, 1.82) is 0 Å². The third-order valence-corrected chi connectivity index (χ3v) is 11.5. The molecule has 0 bridgehead atoms. The molecular weight excluding hydrogens is 731 g/mol. The Morgan fingerprint density at radius 2 is 1.80 bits per heavy atom. The molecule has 3 aromatic heterocycles. The van der Waals surface area contributed by atoms with Crippen LogP contribution in [0.2, 0.25) is 0 Å². The minimum absolute atomic E-state index is 0.193. The van der Waals surface area contributed by atoms with Crippen molar-refractivity contribution in [3.63, 3.8) is 0 Å². The van der Waals surface area contributed by atoms with Gasteiger partial charge in [-0.25, -0.2) is 9.78 Å². The molecule has 0 radical (unpaired) electrons. The second-order valence-corrected chi connectivity index (χ2v) is 15.1. The number of carbonyl (C=O) groups excluding carboxylic acids is 3. The van der Waals surface area contributed by atoms with Crippen LogP contribution in [0.1, 0.15) is 66.8 Å². The van der Waals surface area contributed by atoms with Crippen LogP contribution in [-0.4, -0.2) is 86.4 Å². The lowest BCUT2D eigenvalue weighted by atomic mass is 9.79. The zero-order chi connectivity index (χ0) is 39.5. The number of methoxy groups -OCH3 is 1. The second kappa shape index (κ2) is 14.4. The van der Waals surface area contributed by atoms with Gasteiger partial charge in [0.15, 0.2) is 0 Å².